The van der Waals surface area contributed by atoms with Gasteiger partial charge in [0.2, 0.25) is 15.9 Å². The molecule has 2 aromatic rings. The molecular formula is C21H26N2O5S. The van der Waals surface area contributed by atoms with Crippen molar-refractivity contribution in [2.75, 3.05) is 30.3 Å². The van der Waals surface area contributed by atoms with Crippen LogP contribution < -0.4 is 19.1 Å². The lowest BCUT2D eigenvalue weighted by molar-refractivity contribution is -0.120. The van der Waals surface area contributed by atoms with Gasteiger partial charge in [0.15, 0.2) is 11.5 Å². The zero-order valence-electron chi connectivity index (χ0n) is 16.6. The van der Waals surface area contributed by atoms with E-state index < -0.39 is 10.0 Å². The number of hydrogen-bond acceptors (Lipinski definition) is 5. The number of nitrogens with one attached hydrogen (secondary N) is 1. The van der Waals surface area contributed by atoms with Crippen LogP contribution in [0.2, 0.25) is 0 Å². The largest absolute Gasteiger partial charge is 0.486 e. The van der Waals surface area contributed by atoms with E-state index in [9.17, 15) is 13.2 Å². The summed E-state index contributed by atoms with van der Waals surface area (Å²) in [7, 11) is -3.65. The molecule has 1 amide bonds. The molecule has 1 heterocycles. The van der Waals surface area contributed by atoms with Gasteiger partial charge in [0.1, 0.15) is 19.8 Å². The Bertz CT molecular complexity index is 947. The van der Waals surface area contributed by atoms with Crippen molar-refractivity contribution in [2.45, 2.75) is 25.8 Å². The second-order valence-corrected chi connectivity index (χ2v) is 9.00. The molecule has 0 aromatic heterocycles. The maximum atomic E-state index is 12.5. The van der Waals surface area contributed by atoms with Gasteiger partial charge in [-0.05, 0) is 37.5 Å². The molecule has 0 saturated heterocycles. The molecule has 1 aliphatic rings. The minimum atomic E-state index is -3.65. The quantitative estimate of drug-likeness (QED) is 0.711. The van der Waals surface area contributed by atoms with Crippen molar-refractivity contribution in [2.24, 2.45) is 0 Å². The molecular weight excluding hydrogens is 392 g/mol. The molecule has 0 saturated carbocycles. The number of anilines is 1. The molecule has 1 N–H and O–H groups in total. The molecule has 0 unspecified atom stereocenters. The first kappa shape index (κ1) is 21.0. The van der Waals surface area contributed by atoms with Crippen LogP contribution >= 0.6 is 0 Å². The summed E-state index contributed by atoms with van der Waals surface area (Å²) in [5, 5.41) is 2.88. The van der Waals surface area contributed by atoms with Crippen LogP contribution in [-0.2, 0) is 21.2 Å². The number of aryl methyl sites for hydroxylation is 1. The molecule has 0 aliphatic carbocycles. The average Bonchev–Trinajstić information content (AvgIpc) is 2.70. The summed E-state index contributed by atoms with van der Waals surface area (Å²) in [6, 6.07) is 14.8. The summed E-state index contributed by atoms with van der Waals surface area (Å²) in [6.45, 7) is 2.46. The van der Waals surface area contributed by atoms with Crippen LogP contribution in [0.4, 0.5) is 5.69 Å². The van der Waals surface area contributed by atoms with Crippen molar-refractivity contribution in [3.05, 3.63) is 54.1 Å². The predicted molar refractivity (Wildman–Crippen MR) is 112 cm³/mol. The highest BCUT2D eigenvalue weighted by molar-refractivity contribution is 7.92. The highest BCUT2D eigenvalue weighted by atomic mass is 32.2. The van der Waals surface area contributed by atoms with Crippen LogP contribution in [0, 0.1) is 0 Å². The topological polar surface area (TPSA) is 84.9 Å². The minimum absolute atomic E-state index is 0.0793. The number of ether oxygens (including phenoxy) is 2. The van der Waals surface area contributed by atoms with Gasteiger partial charge in [0.25, 0.3) is 0 Å². The number of carbonyl (C=O) groups excluding carboxylic acids is 1. The number of fused-ring (bicyclic) bond motifs is 1. The van der Waals surface area contributed by atoms with E-state index in [4.69, 9.17) is 9.47 Å². The SMILES string of the molecule is C[C@@H](CCc1ccccc1)NC(=O)CN(c1ccc2c(c1)OCCO2)S(C)(=O)=O. The Hall–Kier alpha value is -2.74. The van der Waals surface area contributed by atoms with Crippen LogP contribution in [-0.4, -0.2) is 46.4 Å². The van der Waals surface area contributed by atoms with Gasteiger partial charge in [0.05, 0.1) is 11.9 Å². The first-order valence-corrected chi connectivity index (χ1v) is 11.4. The molecule has 1 aliphatic heterocycles. The van der Waals surface area contributed by atoms with Gasteiger partial charge in [-0.15, -0.1) is 0 Å². The molecule has 3 rings (SSSR count). The molecule has 2 aromatic carbocycles. The third-order valence-corrected chi connectivity index (χ3v) is 5.76. The summed E-state index contributed by atoms with van der Waals surface area (Å²) in [6.07, 6.45) is 2.68. The fourth-order valence-corrected chi connectivity index (χ4v) is 3.99. The third kappa shape index (κ3) is 5.87. The fraction of sp³-hybridized carbons (Fsp3) is 0.381. The molecule has 7 nitrogen and oxygen atoms in total. The van der Waals surface area contributed by atoms with Crippen LogP contribution in [0.5, 0.6) is 11.5 Å². The lowest BCUT2D eigenvalue weighted by atomic mass is 10.1. The van der Waals surface area contributed by atoms with Crippen molar-refractivity contribution >= 4 is 21.6 Å². The van der Waals surface area contributed by atoms with Crippen LogP contribution in [0.3, 0.4) is 0 Å². The smallest absolute Gasteiger partial charge is 0.240 e. The Morgan fingerprint density at radius 2 is 1.79 bits per heavy atom. The van der Waals surface area contributed by atoms with Crippen molar-refractivity contribution in [3.63, 3.8) is 0 Å². The average molecular weight is 419 g/mol. The lowest BCUT2D eigenvalue weighted by Crippen LogP contribution is -2.43. The molecule has 8 heteroatoms. The minimum Gasteiger partial charge on any atom is -0.486 e. The van der Waals surface area contributed by atoms with E-state index in [1.165, 1.54) is 5.56 Å². The van der Waals surface area contributed by atoms with Crippen molar-refractivity contribution in [1.29, 1.82) is 0 Å². The number of nitrogens with zero attached hydrogens (tertiary/aromatic N) is 1. The first-order chi connectivity index (χ1) is 13.8. The van der Waals surface area contributed by atoms with Gasteiger partial charge in [-0.3, -0.25) is 9.10 Å². The van der Waals surface area contributed by atoms with E-state index in [1.54, 1.807) is 18.2 Å². The van der Waals surface area contributed by atoms with Gasteiger partial charge in [-0.1, -0.05) is 30.3 Å². The Morgan fingerprint density at radius 3 is 2.48 bits per heavy atom. The van der Waals surface area contributed by atoms with Gasteiger partial charge in [0, 0.05) is 12.1 Å². The van der Waals surface area contributed by atoms with E-state index in [0.29, 0.717) is 30.4 Å². The molecule has 0 spiro atoms. The predicted octanol–water partition coefficient (Wildman–Crippen LogP) is 2.36. The van der Waals surface area contributed by atoms with Crippen LogP contribution in [0.25, 0.3) is 0 Å². The highest BCUT2D eigenvalue weighted by Gasteiger charge is 2.23. The Balaban J connectivity index is 1.63. The summed E-state index contributed by atoms with van der Waals surface area (Å²) in [5.41, 5.74) is 1.56. The zero-order chi connectivity index (χ0) is 20.9. The van der Waals surface area contributed by atoms with Crippen LogP contribution in [0.1, 0.15) is 18.9 Å². The van der Waals surface area contributed by atoms with Crippen molar-refractivity contribution < 1.29 is 22.7 Å². The number of rotatable bonds is 8. The molecule has 0 radical (unpaired) electrons. The van der Waals surface area contributed by atoms with Gasteiger partial charge in [-0.25, -0.2) is 8.42 Å². The maximum absolute atomic E-state index is 12.5. The van der Waals surface area contributed by atoms with E-state index in [-0.39, 0.29) is 18.5 Å². The third-order valence-electron chi connectivity index (χ3n) is 4.62. The zero-order valence-corrected chi connectivity index (χ0v) is 17.4. The number of sulfonamides is 1. The van der Waals surface area contributed by atoms with Gasteiger partial charge >= 0.3 is 0 Å². The summed E-state index contributed by atoms with van der Waals surface area (Å²) in [4.78, 5) is 12.5. The summed E-state index contributed by atoms with van der Waals surface area (Å²) < 4.78 is 36.7. The standard InChI is InChI=1S/C21H26N2O5S/c1-16(8-9-17-6-4-3-5-7-17)22-21(24)15-23(29(2,25)26)18-10-11-19-20(14-18)28-13-12-27-19/h3-7,10-11,14,16H,8-9,12-13,15H2,1-2H3,(H,22,24)/t16-/m0/s1. The maximum Gasteiger partial charge on any atom is 0.240 e. The summed E-state index contributed by atoms with van der Waals surface area (Å²) >= 11 is 0. The van der Waals surface area contributed by atoms with Crippen LogP contribution in [0.15, 0.2) is 48.5 Å². The fourth-order valence-electron chi connectivity index (χ4n) is 3.14. The monoisotopic (exact) mass is 418 g/mol. The molecule has 0 bridgehead atoms. The molecule has 1 atom stereocenters. The Morgan fingerprint density at radius 1 is 1.10 bits per heavy atom. The normalized spacial score (nSPS) is 14.1. The van der Waals surface area contributed by atoms with Gasteiger partial charge < -0.3 is 14.8 Å². The van der Waals surface area contributed by atoms with E-state index in [1.807, 2.05) is 37.3 Å². The van der Waals surface area contributed by atoms with E-state index in [0.717, 1.165) is 23.4 Å². The Kier molecular flexibility index (Phi) is 6.64. The number of benzene rings is 2. The van der Waals surface area contributed by atoms with Crippen molar-refractivity contribution in [1.82, 2.24) is 5.32 Å². The molecule has 29 heavy (non-hydrogen) atoms. The molecule has 0 fully saturated rings. The first-order valence-electron chi connectivity index (χ1n) is 9.53. The second-order valence-electron chi connectivity index (χ2n) is 7.09. The number of hydrogen-bond donors (Lipinski definition) is 1. The summed E-state index contributed by atoms with van der Waals surface area (Å²) in [5.74, 6) is 0.678. The number of carbonyl (C=O) groups is 1. The van der Waals surface area contributed by atoms with Crippen molar-refractivity contribution in [3.8, 4) is 11.5 Å². The lowest BCUT2D eigenvalue weighted by Gasteiger charge is -2.25. The van der Waals surface area contributed by atoms with E-state index in [2.05, 4.69) is 5.32 Å². The second kappa shape index (κ2) is 9.17. The number of amides is 1. The highest BCUT2D eigenvalue weighted by Crippen LogP contribution is 2.34. The van der Waals surface area contributed by atoms with Gasteiger partial charge in [-0.2, -0.15) is 0 Å². The Labute approximate surface area is 171 Å². The van der Waals surface area contributed by atoms with E-state index >= 15 is 0 Å². The molecule has 156 valence electrons.